The van der Waals surface area contributed by atoms with Crippen LogP contribution in [0.15, 0.2) is 77.9 Å². The summed E-state index contributed by atoms with van der Waals surface area (Å²) in [4.78, 5) is 30.6. The third-order valence-electron chi connectivity index (χ3n) is 7.11. The van der Waals surface area contributed by atoms with E-state index in [4.69, 9.17) is 4.74 Å². The monoisotopic (exact) mass is 550 g/mol. The Kier molecular flexibility index (Phi) is 8.57. The molecule has 1 fully saturated rings. The summed E-state index contributed by atoms with van der Waals surface area (Å²) in [7, 11) is 0. The van der Waals surface area contributed by atoms with Gasteiger partial charge in [-0.05, 0) is 35.9 Å². The Bertz CT molecular complexity index is 1390. The van der Waals surface area contributed by atoms with E-state index in [1.54, 1.807) is 36.4 Å². The Balaban J connectivity index is 1.43. The summed E-state index contributed by atoms with van der Waals surface area (Å²) in [5.41, 5.74) is 1.10. The molecular weight excluding hydrogens is 521 g/mol. The van der Waals surface area contributed by atoms with Gasteiger partial charge in [-0.2, -0.15) is 5.10 Å². The molecule has 40 heavy (non-hydrogen) atoms. The number of morpholine rings is 1. The average molecular weight is 551 g/mol. The van der Waals surface area contributed by atoms with Gasteiger partial charge in [0.25, 0.3) is 11.8 Å². The lowest BCUT2D eigenvalue weighted by molar-refractivity contribution is -0.133. The number of nitrogens with zero attached hydrogens (tertiary/aromatic N) is 4. The van der Waals surface area contributed by atoms with Gasteiger partial charge in [0.15, 0.2) is 0 Å². The van der Waals surface area contributed by atoms with Crippen molar-refractivity contribution >= 4 is 17.5 Å². The van der Waals surface area contributed by atoms with Crippen molar-refractivity contribution in [2.45, 2.75) is 12.5 Å². The molecule has 0 saturated carbocycles. The number of halogens is 3. The molecule has 3 aromatic carbocycles. The van der Waals surface area contributed by atoms with Crippen molar-refractivity contribution in [2.75, 3.05) is 45.9 Å². The number of hydrazone groups is 1. The van der Waals surface area contributed by atoms with E-state index in [9.17, 15) is 22.8 Å². The number of benzene rings is 3. The topological polar surface area (TPSA) is 65.5 Å². The second kappa shape index (κ2) is 12.4. The van der Waals surface area contributed by atoms with Gasteiger partial charge < -0.3 is 9.64 Å². The Morgan fingerprint density at radius 2 is 1.57 bits per heavy atom. The van der Waals surface area contributed by atoms with Crippen LogP contribution in [0.3, 0.4) is 0 Å². The standard InChI is InChI=1S/C30H29F3N4O3/c31-22-11-9-21(10-12-22)28-19-27(23-5-1-3-7-25(23)32)34-37(28)29(38)20-36(14-13-35-15-17-40-18-16-35)30(39)24-6-2-4-8-26(24)33/h1-12,28H,13-20H2/t28-/m1/s1. The molecule has 0 bridgehead atoms. The lowest BCUT2D eigenvalue weighted by Gasteiger charge is -2.31. The predicted octanol–water partition coefficient (Wildman–Crippen LogP) is 4.26. The minimum absolute atomic E-state index is 0.135. The van der Waals surface area contributed by atoms with Crippen LogP contribution in [0.5, 0.6) is 0 Å². The number of rotatable bonds is 8. The highest BCUT2D eigenvalue weighted by molar-refractivity contribution is 6.04. The normalized spacial score (nSPS) is 17.5. The number of carbonyl (C=O) groups is 2. The quantitative estimate of drug-likeness (QED) is 0.421. The van der Waals surface area contributed by atoms with E-state index in [2.05, 4.69) is 10.0 Å². The molecule has 0 N–H and O–H groups in total. The van der Waals surface area contributed by atoms with Crippen molar-refractivity contribution in [3.63, 3.8) is 0 Å². The van der Waals surface area contributed by atoms with Gasteiger partial charge in [-0.15, -0.1) is 0 Å². The average Bonchev–Trinajstić information content (AvgIpc) is 3.42. The maximum atomic E-state index is 14.6. The van der Waals surface area contributed by atoms with Crippen LogP contribution in [-0.2, 0) is 9.53 Å². The number of hydrogen-bond acceptors (Lipinski definition) is 5. The molecule has 0 unspecified atom stereocenters. The van der Waals surface area contributed by atoms with E-state index in [1.165, 1.54) is 46.3 Å². The molecule has 2 aliphatic heterocycles. The largest absolute Gasteiger partial charge is 0.379 e. The van der Waals surface area contributed by atoms with Gasteiger partial charge in [0, 0.05) is 38.2 Å². The van der Waals surface area contributed by atoms with Crippen molar-refractivity contribution in [2.24, 2.45) is 5.10 Å². The molecule has 0 spiro atoms. The van der Waals surface area contributed by atoms with Crippen molar-refractivity contribution in [1.29, 1.82) is 0 Å². The molecule has 208 valence electrons. The zero-order valence-electron chi connectivity index (χ0n) is 21.8. The molecular formula is C30H29F3N4O3. The molecule has 2 amide bonds. The van der Waals surface area contributed by atoms with Crippen molar-refractivity contribution in [3.05, 3.63) is 107 Å². The Morgan fingerprint density at radius 1 is 0.900 bits per heavy atom. The maximum Gasteiger partial charge on any atom is 0.262 e. The van der Waals surface area contributed by atoms with E-state index in [1.807, 2.05) is 0 Å². The number of carbonyl (C=O) groups excluding carboxylic acids is 2. The van der Waals surface area contributed by atoms with Crippen LogP contribution in [0.4, 0.5) is 13.2 Å². The SMILES string of the molecule is O=C(c1ccccc1F)N(CCN1CCOCC1)CC(=O)N1N=C(c2ccccc2F)C[C@@H]1c1ccc(F)cc1. The second-order valence-corrected chi connectivity index (χ2v) is 9.70. The van der Waals surface area contributed by atoms with E-state index in [0.29, 0.717) is 44.1 Å². The Morgan fingerprint density at radius 3 is 2.27 bits per heavy atom. The first-order valence-electron chi connectivity index (χ1n) is 13.1. The minimum atomic E-state index is -0.679. The summed E-state index contributed by atoms with van der Waals surface area (Å²) in [5.74, 6) is -2.72. The van der Waals surface area contributed by atoms with E-state index < -0.39 is 35.3 Å². The Hall–Kier alpha value is -4.02. The summed E-state index contributed by atoms with van der Waals surface area (Å²) in [5, 5.41) is 5.71. The fraction of sp³-hybridized carbons (Fsp3) is 0.300. The van der Waals surface area contributed by atoms with Gasteiger partial charge >= 0.3 is 0 Å². The first-order valence-corrected chi connectivity index (χ1v) is 13.1. The summed E-state index contributed by atoms with van der Waals surface area (Å²) < 4.78 is 48.3. The minimum Gasteiger partial charge on any atom is -0.379 e. The molecule has 1 atom stereocenters. The maximum absolute atomic E-state index is 14.6. The molecule has 0 radical (unpaired) electrons. The first-order chi connectivity index (χ1) is 19.4. The molecule has 2 heterocycles. The van der Waals surface area contributed by atoms with E-state index in [-0.39, 0.29) is 30.6 Å². The smallest absolute Gasteiger partial charge is 0.262 e. The molecule has 7 nitrogen and oxygen atoms in total. The van der Waals surface area contributed by atoms with E-state index in [0.717, 1.165) is 0 Å². The lowest BCUT2D eigenvalue weighted by Crippen LogP contribution is -2.46. The Labute approximate surface area is 230 Å². The van der Waals surface area contributed by atoms with Gasteiger partial charge in [0.05, 0.1) is 30.5 Å². The van der Waals surface area contributed by atoms with Gasteiger partial charge in [-0.25, -0.2) is 18.2 Å². The fourth-order valence-electron chi connectivity index (χ4n) is 4.92. The third kappa shape index (κ3) is 6.24. The van der Waals surface area contributed by atoms with Crippen LogP contribution in [0.1, 0.15) is 33.9 Å². The molecule has 3 aromatic rings. The van der Waals surface area contributed by atoms with Crippen molar-refractivity contribution in [3.8, 4) is 0 Å². The summed E-state index contributed by atoms with van der Waals surface area (Å²) >= 11 is 0. The third-order valence-corrected chi connectivity index (χ3v) is 7.11. The fourth-order valence-corrected chi connectivity index (χ4v) is 4.92. The van der Waals surface area contributed by atoms with Crippen molar-refractivity contribution < 1.29 is 27.5 Å². The summed E-state index contributed by atoms with van der Waals surface area (Å²) in [6.07, 6.45) is 0.202. The first kappa shape index (κ1) is 27.5. The predicted molar refractivity (Wildman–Crippen MR) is 143 cm³/mol. The summed E-state index contributed by atoms with van der Waals surface area (Å²) in [6, 6.07) is 16.8. The van der Waals surface area contributed by atoms with Crippen LogP contribution in [0.2, 0.25) is 0 Å². The van der Waals surface area contributed by atoms with Gasteiger partial charge in [-0.3, -0.25) is 14.5 Å². The number of ether oxygens (including phenoxy) is 1. The number of hydrogen-bond donors (Lipinski definition) is 0. The molecule has 10 heteroatoms. The van der Waals surface area contributed by atoms with Gasteiger partial charge in [-0.1, -0.05) is 42.5 Å². The second-order valence-electron chi connectivity index (χ2n) is 9.70. The highest BCUT2D eigenvalue weighted by Gasteiger charge is 2.35. The molecule has 1 saturated heterocycles. The summed E-state index contributed by atoms with van der Waals surface area (Å²) in [6.45, 7) is 2.79. The lowest BCUT2D eigenvalue weighted by atomic mass is 9.98. The zero-order valence-corrected chi connectivity index (χ0v) is 21.8. The van der Waals surface area contributed by atoms with Crippen LogP contribution >= 0.6 is 0 Å². The molecule has 5 rings (SSSR count). The highest BCUT2D eigenvalue weighted by atomic mass is 19.1. The molecule has 0 aliphatic carbocycles. The molecule has 2 aliphatic rings. The number of amides is 2. The van der Waals surface area contributed by atoms with Gasteiger partial charge in [0.2, 0.25) is 0 Å². The van der Waals surface area contributed by atoms with Crippen LogP contribution in [0, 0.1) is 17.5 Å². The van der Waals surface area contributed by atoms with E-state index >= 15 is 0 Å². The van der Waals surface area contributed by atoms with Crippen molar-refractivity contribution in [1.82, 2.24) is 14.8 Å². The van der Waals surface area contributed by atoms with Crippen LogP contribution in [0.25, 0.3) is 0 Å². The zero-order chi connectivity index (χ0) is 28.1. The van der Waals surface area contributed by atoms with Gasteiger partial charge in [0.1, 0.15) is 24.0 Å². The van der Waals surface area contributed by atoms with Crippen LogP contribution < -0.4 is 0 Å². The highest BCUT2D eigenvalue weighted by Crippen LogP contribution is 2.33. The molecule has 0 aromatic heterocycles. The van der Waals surface area contributed by atoms with Crippen LogP contribution in [-0.4, -0.2) is 78.3 Å².